The van der Waals surface area contributed by atoms with Crippen LogP contribution in [-0.2, 0) is 0 Å². The summed E-state index contributed by atoms with van der Waals surface area (Å²) in [6.45, 7) is 1.28. The van der Waals surface area contributed by atoms with Crippen molar-refractivity contribution in [1.82, 2.24) is 4.90 Å². The fourth-order valence-corrected chi connectivity index (χ4v) is 3.18. The number of carbonyl (C=O) groups excluding carboxylic acids is 1. The van der Waals surface area contributed by atoms with E-state index in [4.69, 9.17) is 28.9 Å². The highest BCUT2D eigenvalue weighted by Crippen LogP contribution is 2.32. The Morgan fingerprint density at radius 2 is 2.17 bits per heavy atom. The lowest BCUT2D eigenvalue weighted by Gasteiger charge is -2.17. The number of likely N-dealkylation sites (tertiary alicyclic amines) is 1. The van der Waals surface area contributed by atoms with Crippen molar-refractivity contribution in [3.8, 4) is 0 Å². The second kappa shape index (κ2) is 5.70. The standard InChI is InChI=1S/C12H14Cl2N2OS/c1-18-11-4-8(9(13)5-10(11)14)12(17)16-3-2-7(15)6-16/h4-5,7H,2-3,6,15H2,1H3/t7-/m1/s1. The summed E-state index contributed by atoms with van der Waals surface area (Å²) in [5, 5.41) is 0.963. The minimum absolute atomic E-state index is 0.0695. The molecule has 2 N–H and O–H groups in total. The average molecular weight is 305 g/mol. The molecule has 1 fully saturated rings. The molecule has 1 heterocycles. The Balaban J connectivity index is 2.30. The van der Waals surface area contributed by atoms with E-state index >= 15 is 0 Å². The molecule has 0 unspecified atom stereocenters. The van der Waals surface area contributed by atoms with Crippen LogP contribution in [-0.4, -0.2) is 36.2 Å². The summed E-state index contributed by atoms with van der Waals surface area (Å²) in [4.78, 5) is 14.9. The van der Waals surface area contributed by atoms with Crippen molar-refractivity contribution < 1.29 is 4.79 Å². The van der Waals surface area contributed by atoms with Crippen molar-refractivity contribution in [2.24, 2.45) is 5.73 Å². The molecule has 1 aliphatic heterocycles. The zero-order chi connectivity index (χ0) is 13.3. The first-order valence-corrected chi connectivity index (χ1v) is 7.59. The Morgan fingerprint density at radius 3 is 2.72 bits per heavy atom. The summed E-state index contributed by atoms with van der Waals surface area (Å²) >= 11 is 13.6. The first kappa shape index (κ1) is 14.0. The van der Waals surface area contributed by atoms with E-state index in [1.807, 2.05) is 6.26 Å². The molecule has 0 aliphatic carbocycles. The van der Waals surface area contributed by atoms with Gasteiger partial charge in [0.2, 0.25) is 0 Å². The van der Waals surface area contributed by atoms with E-state index < -0.39 is 0 Å². The van der Waals surface area contributed by atoms with Crippen molar-refractivity contribution >= 4 is 40.9 Å². The van der Waals surface area contributed by atoms with Crippen molar-refractivity contribution in [3.05, 3.63) is 27.7 Å². The van der Waals surface area contributed by atoms with Gasteiger partial charge in [-0.05, 0) is 24.8 Å². The number of hydrogen-bond acceptors (Lipinski definition) is 3. The summed E-state index contributed by atoms with van der Waals surface area (Å²) in [6.07, 6.45) is 2.75. The SMILES string of the molecule is CSc1cc(C(=O)N2CC[C@@H](N)C2)c(Cl)cc1Cl. The van der Waals surface area contributed by atoms with Crippen LogP contribution in [0.5, 0.6) is 0 Å². The summed E-state index contributed by atoms with van der Waals surface area (Å²) in [7, 11) is 0. The van der Waals surface area contributed by atoms with Gasteiger partial charge >= 0.3 is 0 Å². The van der Waals surface area contributed by atoms with Crippen LogP contribution < -0.4 is 5.73 Å². The molecule has 0 radical (unpaired) electrons. The minimum Gasteiger partial charge on any atom is -0.337 e. The first-order valence-electron chi connectivity index (χ1n) is 5.61. The molecule has 3 nitrogen and oxygen atoms in total. The highest BCUT2D eigenvalue weighted by atomic mass is 35.5. The summed E-state index contributed by atoms with van der Waals surface area (Å²) in [5.41, 5.74) is 6.31. The van der Waals surface area contributed by atoms with Crippen molar-refractivity contribution in [3.63, 3.8) is 0 Å². The zero-order valence-electron chi connectivity index (χ0n) is 9.95. The van der Waals surface area contributed by atoms with Gasteiger partial charge < -0.3 is 10.6 Å². The molecular formula is C12H14Cl2N2OS. The summed E-state index contributed by atoms with van der Waals surface area (Å²) < 4.78 is 0. The Morgan fingerprint density at radius 1 is 1.44 bits per heavy atom. The van der Waals surface area contributed by atoms with Crippen molar-refractivity contribution in [2.45, 2.75) is 17.4 Å². The average Bonchev–Trinajstić information content (AvgIpc) is 2.75. The maximum absolute atomic E-state index is 12.3. The van der Waals surface area contributed by atoms with Gasteiger partial charge in [0.25, 0.3) is 5.91 Å². The Labute approximate surface area is 121 Å². The molecule has 0 aromatic heterocycles. The molecule has 1 aromatic carbocycles. The topological polar surface area (TPSA) is 46.3 Å². The lowest BCUT2D eigenvalue weighted by atomic mass is 10.2. The highest BCUT2D eigenvalue weighted by molar-refractivity contribution is 7.98. The molecule has 0 spiro atoms. The van der Waals surface area contributed by atoms with Gasteiger partial charge in [-0.25, -0.2) is 0 Å². The molecule has 0 saturated carbocycles. The van der Waals surface area contributed by atoms with Gasteiger partial charge in [-0.3, -0.25) is 4.79 Å². The summed E-state index contributed by atoms with van der Waals surface area (Å²) in [5.74, 6) is -0.0695. The van der Waals surface area contributed by atoms with Crippen LogP contribution in [0.15, 0.2) is 17.0 Å². The van der Waals surface area contributed by atoms with Crippen LogP contribution in [0, 0.1) is 0 Å². The van der Waals surface area contributed by atoms with Gasteiger partial charge in [0.15, 0.2) is 0 Å². The molecule has 0 bridgehead atoms. The van der Waals surface area contributed by atoms with E-state index in [2.05, 4.69) is 0 Å². The van der Waals surface area contributed by atoms with Gasteiger partial charge in [0, 0.05) is 24.0 Å². The van der Waals surface area contributed by atoms with Crippen LogP contribution in [0.25, 0.3) is 0 Å². The number of rotatable bonds is 2. The maximum Gasteiger partial charge on any atom is 0.255 e. The molecule has 18 heavy (non-hydrogen) atoms. The highest BCUT2D eigenvalue weighted by Gasteiger charge is 2.26. The smallest absolute Gasteiger partial charge is 0.255 e. The van der Waals surface area contributed by atoms with Crippen LogP contribution in [0.4, 0.5) is 0 Å². The monoisotopic (exact) mass is 304 g/mol. The number of nitrogens with two attached hydrogens (primary N) is 1. The van der Waals surface area contributed by atoms with Gasteiger partial charge in [-0.15, -0.1) is 11.8 Å². The van der Waals surface area contributed by atoms with E-state index in [1.165, 1.54) is 11.8 Å². The van der Waals surface area contributed by atoms with Crippen LogP contribution in [0.2, 0.25) is 10.0 Å². The molecule has 1 atom stereocenters. The Kier molecular flexibility index (Phi) is 4.43. The van der Waals surface area contributed by atoms with Crippen LogP contribution >= 0.6 is 35.0 Å². The van der Waals surface area contributed by atoms with Crippen LogP contribution in [0.1, 0.15) is 16.8 Å². The van der Waals surface area contributed by atoms with Crippen LogP contribution in [0.3, 0.4) is 0 Å². The molecule has 1 aliphatic rings. The predicted octanol–water partition coefficient (Wildman–Crippen LogP) is 2.89. The quantitative estimate of drug-likeness (QED) is 0.855. The second-order valence-electron chi connectivity index (χ2n) is 4.27. The normalized spacial score (nSPS) is 19.3. The molecule has 98 valence electrons. The predicted molar refractivity (Wildman–Crippen MR) is 76.7 cm³/mol. The van der Waals surface area contributed by atoms with E-state index in [-0.39, 0.29) is 11.9 Å². The van der Waals surface area contributed by atoms with E-state index in [0.29, 0.717) is 28.7 Å². The van der Waals surface area contributed by atoms with Gasteiger partial charge in [0.1, 0.15) is 0 Å². The number of hydrogen-bond donors (Lipinski definition) is 1. The number of amides is 1. The first-order chi connectivity index (χ1) is 8.52. The third-order valence-electron chi connectivity index (χ3n) is 2.98. The van der Waals surface area contributed by atoms with Crippen molar-refractivity contribution in [1.29, 1.82) is 0 Å². The third-order valence-corrected chi connectivity index (χ3v) is 4.50. The fraction of sp³-hybridized carbons (Fsp3) is 0.417. The van der Waals surface area contributed by atoms with Gasteiger partial charge in [0.05, 0.1) is 15.6 Å². The number of benzene rings is 1. The minimum atomic E-state index is -0.0695. The molecule has 1 aromatic rings. The zero-order valence-corrected chi connectivity index (χ0v) is 12.3. The molecule has 1 saturated heterocycles. The van der Waals surface area contributed by atoms with Crippen molar-refractivity contribution in [2.75, 3.05) is 19.3 Å². The lowest BCUT2D eigenvalue weighted by Crippen LogP contribution is -2.32. The largest absolute Gasteiger partial charge is 0.337 e. The summed E-state index contributed by atoms with van der Waals surface area (Å²) in [6, 6.07) is 3.44. The van der Waals surface area contributed by atoms with Gasteiger partial charge in [-0.2, -0.15) is 0 Å². The fourth-order valence-electron chi connectivity index (χ4n) is 1.99. The lowest BCUT2D eigenvalue weighted by molar-refractivity contribution is 0.0791. The Hall–Kier alpha value is -0.420. The van der Waals surface area contributed by atoms with Gasteiger partial charge in [-0.1, -0.05) is 23.2 Å². The number of halogens is 2. The number of thioether (sulfide) groups is 1. The maximum atomic E-state index is 12.3. The number of carbonyl (C=O) groups is 1. The third kappa shape index (κ3) is 2.77. The Bertz CT molecular complexity index is 481. The van der Waals surface area contributed by atoms with E-state index in [0.717, 1.165) is 11.3 Å². The van der Waals surface area contributed by atoms with E-state index in [1.54, 1.807) is 17.0 Å². The molecule has 2 rings (SSSR count). The number of nitrogens with zero attached hydrogens (tertiary/aromatic N) is 1. The molecule has 1 amide bonds. The van der Waals surface area contributed by atoms with E-state index in [9.17, 15) is 4.79 Å². The molecule has 6 heteroatoms. The second-order valence-corrected chi connectivity index (χ2v) is 5.93. The molecular weight excluding hydrogens is 291 g/mol.